The Labute approximate surface area is 101 Å². The van der Waals surface area contributed by atoms with E-state index in [-0.39, 0.29) is 15.6 Å². The van der Waals surface area contributed by atoms with Gasteiger partial charge in [0.1, 0.15) is 11.6 Å². The first kappa shape index (κ1) is 11.4. The Morgan fingerprint density at radius 2 is 1.69 bits per heavy atom. The van der Waals surface area contributed by atoms with Crippen LogP contribution >= 0.6 is 23.2 Å². The van der Waals surface area contributed by atoms with Crippen molar-refractivity contribution in [2.45, 2.75) is 0 Å². The van der Waals surface area contributed by atoms with Crippen LogP contribution in [0.1, 0.15) is 0 Å². The summed E-state index contributed by atoms with van der Waals surface area (Å²) in [7, 11) is 0. The summed E-state index contributed by atoms with van der Waals surface area (Å²) in [6.45, 7) is 0. The molecule has 0 aliphatic rings. The van der Waals surface area contributed by atoms with E-state index in [2.05, 4.69) is 0 Å². The topological polar surface area (TPSA) is 0 Å². The van der Waals surface area contributed by atoms with E-state index < -0.39 is 11.6 Å². The average Bonchev–Trinajstić information content (AvgIpc) is 2.15. The molecule has 0 N–H and O–H groups in total. The zero-order chi connectivity index (χ0) is 11.7. The lowest BCUT2D eigenvalue weighted by Crippen LogP contribution is -1.87. The van der Waals surface area contributed by atoms with Gasteiger partial charge in [0.05, 0.1) is 5.02 Å². The number of hydrogen-bond donors (Lipinski definition) is 0. The molecule has 0 saturated carbocycles. The molecule has 0 unspecified atom stereocenters. The van der Waals surface area contributed by atoms with E-state index in [9.17, 15) is 8.78 Å². The Hall–Kier alpha value is -1.12. The highest BCUT2D eigenvalue weighted by atomic mass is 35.5. The minimum absolute atomic E-state index is 0.158. The van der Waals surface area contributed by atoms with Crippen molar-refractivity contribution in [3.8, 4) is 11.1 Å². The fraction of sp³-hybridized carbons (Fsp3) is 0. The third-order valence-corrected chi connectivity index (χ3v) is 2.65. The largest absolute Gasteiger partial charge is 0.207 e. The van der Waals surface area contributed by atoms with E-state index in [1.165, 1.54) is 24.3 Å². The van der Waals surface area contributed by atoms with E-state index in [4.69, 9.17) is 23.2 Å². The normalized spacial score (nSPS) is 10.5. The highest BCUT2D eigenvalue weighted by Gasteiger charge is 2.11. The standard InChI is InChI=1S/C12H6Cl2F2/c13-8-4-7(5-9(15)6-8)12-10(14)2-1-3-11(12)16/h1-6H. The van der Waals surface area contributed by atoms with Gasteiger partial charge in [-0.3, -0.25) is 0 Å². The van der Waals surface area contributed by atoms with E-state index in [0.29, 0.717) is 5.56 Å². The minimum Gasteiger partial charge on any atom is -0.207 e. The van der Waals surface area contributed by atoms with E-state index in [1.54, 1.807) is 6.07 Å². The second-order valence-electron chi connectivity index (χ2n) is 3.25. The molecule has 0 amide bonds. The van der Waals surface area contributed by atoms with Crippen LogP contribution in [0.3, 0.4) is 0 Å². The van der Waals surface area contributed by atoms with Gasteiger partial charge in [-0.1, -0.05) is 29.3 Å². The molecular formula is C12H6Cl2F2. The average molecular weight is 259 g/mol. The van der Waals surface area contributed by atoms with Crippen LogP contribution in [0.25, 0.3) is 11.1 Å². The second-order valence-corrected chi connectivity index (χ2v) is 4.10. The van der Waals surface area contributed by atoms with Gasteiger partial charge in [-0.2, -0.15) is 0 Å². The molecule has 0 atom stereocenters. The molecule has 0 aliphatic heterocycles. The number of rotatable bonds is 1. The predicted octanol–water partition coefficient (Wildman–Crippen LogP) is 4.94. The zero-order valence-corrected chi connectivity index (χ0v) is 9.49. The smallest absolute Gasteiger partial charge is 0.132 e. The van der Waals surface area contributed by atoms with Crippen molar-refractivity contribution in [1.82, 2.24) is 0 Å². The molecule has 0 nitrogen and oxygen atoms in total. The predicted molar refractivity (Wildman–Crippen MR) is 61.8 cm³/mol. The number of halogens is 4. The van der Waals surface area contributed by atoms with Crippen molar-refractivity contribution in [3.63, 3.8) is 0 Å². The van der Waals surface area contributed by atoms with Gasteiger partial charge in [0, 0.05) is 10.6 Å². The molecule has 0 aliphatic carbocycles. The van der Waals surface area contributed by atoms with Crippen LogP contribution in [0.5, 0.6) is 0 Å². The number of benzene rings is 2. The van der Waals surface area contributed by atoms with Gasteiger partial charge in [-0.15, -0.1) is 0 Å². The van der Waals surface area contributed by atoms with Crippen molar-refractivity contribution in [2.75, 3.05) is 0 Å². The molecular weight excluding hydrogens is 253 g/mol. The lowest BCUT2D eigenvalue weighted by molar-refractivity contribution is 0.625. The first-order valence-corrected chi connectivity index (χ1v) is 5.24. The van der Waals surface area contributed by atoms with E-state index >= 15 is 0 Å². The Balaban J connectivity index is 2.67. The molecule has 2 rings (SSSR count). The molecule has 82 valence electrons. The summed E-state index contributed by atoms with van der Waals surface area (Å²) in [5.41, 5.74) is 0.485. The Morgan fingerprint density at radius 1 is 0.938 bits per heavy atom. The molecule has 0 bridgehead atoms. The highest BCUT2D eigenvalue weighted by molar-refractivity contribution is 6.33. The molecule has 0 aromatic heterocycles. The molecule has 16 heavy (non-hydrogen) atoms. The summed E-state index contributed by atoms with van der Waals surface area (Å²) in [4.78, 5) is 0. The van der Waals surface area contributed by atoms with Crippen LogP contribution < -0.4 is 0 Å². The number of hydrogen-bond acceptors (Lipinski definition) is 0. The van der Waals surface area contributed by atoms with Crippen molar-refractivity contribution < 1.29 is 8.78 Å². The van der Waals surface area contributed by atoms with E-state index in [0.717, 1.165) is 6.07 Å². The summed E-state index contributed by atoms with van der Waals surface area (Å²) < 4.78 is 26.7. The maximum absolute atomic E-state index is 13.5. The Morgan fingerprint density at radius 3 is 2.31 bits per heavy atom. The van der Waals surface area contributed by atoms with Crippen LogP contribution in [0, 0.1) is 11.6 Å². The van der Waals surface area contributed by atoms with Crippen molar-refractivity contribution in [1.29, 1.82) is 0 Å². The second kappa shape index (κ2) is 4.40. The molecule has 0 saturated heterocycles. The van der Waals surface area contributed by atoms with Gasteiger partial charge in [0.15, 0.2) is 0 Å². The van der Waals surface area contributed by atoms with Crippen molar-refractivity contribution >= 4 is 23.2 Å². The molecule has 0 radical (unpaired) electrons. The van der Waals surface area contributed by atoms with Gasteiger partial charge in [0.25, 0.3) is 0 Å². The summed E-state index contributed by atoms with van der Waals surface area (Å²) >= 11 is 11.6. The maximum atomic E-state index is 13.5. The molecule has 0 heterocycles. The van der Waals surface area contributed by atoms with Crippen molar-refractivity contribution in [3.05, 3.63) is 58.1 Å². The quantitative estimate of drug-likeness (QED) is 0.680. The van der Waals surface area contributed by atoms with Gasteiger partial charge >= 0.3 is 0 Å². The molecule has 2 aromatic rings. The first-order valence-electron chi connectivity index (χ1n) is 4.48. The third-order valence-electron chi connectivity index (χ3n) is 2.11. The van der Waals surface area contributed by atoms with Gasteiger partial charge in [-0.25, -0.2) is 8.78 Å². The Kier molecular flexibility index (Phi) is 3.13. The SMILES string of the molecule is Fc1cc(Cl)cc(-c2c(F)cccc2Cl)c1. The van der Waals surface area contributed by atoms with Crippen LogP contribution in [0.15, 0.2) is 36.4 Å². The van der Waals surface area contributed by atoms with Crippen LogP contribution in [0.2, 0.25) is 10.0 Å². The van der Waals surface area contributed by atoms with Gasteiger partial charge in [0.2, 0.25) is 0 Å². The lowest BCUT2D eigenvalue weighted by Gasteiger charge is -2.06. The highest BCUT2D eigenvalue weighted by Crippen LogP contribution is 2.32. The minimum atomic E-state index is -0.526. The summed E-state index contributed by atoms with van der Waals surface area (Å²) in [6.07, 6.45) is 0. The molecule has 4 heteroatoms. The van der Waals surface area contributed by atoms with E-state index in [1.807, 2.05) is 0 Å². The molecule has 2 aromatic carbocycles. The van der Waals surface area contributed by atoms with Crippen LogP contribution in [0.4, 0.5) is 8.78 Å². The maximum Gasteiger partial charge on any atom is 0.132 e. The fourth-order valence-electron chi connectivity index (χ4n) is 1.47. The van der Waals surface area contributed by atoms with Crippen molar-refractivity contribution in [2.24, 2.45) is 0 Å². The molecule has 0 spiro atoms. The zero-order valence-electron chi connectivity index (χ0n) is 7.98. The third kappa shape index (κ3) is 2.18. The summed E-state index contributed by atoms with van der Waals surface area (Å²) in [5.74, 6) is -1.03. The van der Waals surface area contributed by atoms with Gasteiger partial charge in [-0.05, 0) is 35.9 Å². The summed E-state index contributed by atoms with van der Waals surface area (Å²) in [5, 5.41) is 0.427. The van der Waals surface area contributed by atoms with Crippen LogP contribution in [-0.4, -0.2) is 0 Å². The van der Waals surface area contributed by atoms with Crippen LogP contribution in [-0.2, 0) is 0 Å². The molecule has 0 fully saturated rings. The van der Waals surface area contributed by atoms with Gasteiger partial charge < -0.3 is 0 Å². The Bertz CT molecular complexity index is 498. The monoisotopic (exact) mass is 258 g/mol. The fourth-order valence-corrected chi connectivity index (χ4v) is 1.97. The first-order chi connectivity index (χ1) is 7.58. The summed E-state index contributed by atoms with van der Waals surface area (Å²) in [6, 6.07) is 8.10. The lowest BCUT2D eigenvalue weighted by atomic mass is 10.1.